The minimum Gasteiger partial charge on any atom is -0.496 e. The van der Waals surface area contributed by atoms with Gasteiger partial charge in [0, 0.05) is 18.6 Å². The average Bonchev–Trinajstić information content (AvgIpc) is 2.45. The van der Waals surface area contributed by atoms with Gasteiger partial charge >= 0.3 is 0 Å². The number of rotatable bonds is 5. The van der Waals surface area contributed by atoms with Gasteiger partial charge in [0.25, 0.3) is 0 Å². The molecule has 1 aliphatic heterocycles. The van der Waals surface area contributed by atoms with E-state index in [1.54, 1.807) is 7.11 Å². The molecule has 1 fully saturated rings. The van der Waals surface area contributed by atoms with E-state index in [4.69, 9.17) is 9.47 Å². The molecule has 1 atom stereocenters. The van der Waals surface area contributed by atoms with Crippen LogP contribution in [0.15, 0.2) is 12.1 Å². The van der Waals surface area contributed by atoms with Crippen molar-refractivity contribution in [3.63, 3.8) is 0 Å². The maximum absolute atomic E-state index is 12.3. The molecule has 0 spiro atoms. The highest BCUT2D eigenvalue weighted by Gasteiger charge is 2.17. The molecule has 110 valence electrons. The van der Waals surface area contributed by atoms with Crippen LogP contribution in [0.2, 0.25) is 0 Å². The predicted molar refractivity (Wildman–Crippen MR) is 79.6 cm³/mol. The molecule has 0 radical (unpaired) electrons. The number of Topliss-reactive ketones (excluding diaryl/α,β-unsaturated/α-hetero) is 1. The number of carbonyl (C=O) groups is 1. The Morgan fingerprint density at radius 2 is 2.00 bits per heavy atom. The van der Waals surface area contributed by atoms with E-state index < -0.39 is 0 Å². The Balaban J connectivity index is 1.98. The summed E-state index contributed by atoms with van der Waals surface area (Å²) in [4.78, 5) is 12.3. The van der Waals surface area contributed by atoms with E-state index in [-0.39, 0.29) is 11.9 Å². The number of hydrogen-bond donors (Lipinski definition) is 0. The van der Waals surface area contributed by atoms with Crippen LogP contribution in [0.25, 0.3) is 0 Å². The van der Waals surface area contributed by atoms with Crippen molar-refractivity contribution in [2.45, 2.75) is 52.1 Å². The number of benzene rings is 1. The van der Waals surface area contributed by atoms with Crippen molar-refractivity contribution in [2.24, 2.45) is 0 Å². The van der Waals surface area contributed by atoms with Crippen LogP contribution in [0.1, 0.15) is 53.6 Å². The second kappa shape index (κ2) is 6.89. The van der Waals surface area contributed by atoms with E-state index >= 15 is 0 Å². The van der Waals surface area contributed by atoms with Crippen molar-refractivity contribution < 1.29 is 14.3 Å². The van der Waals surface area contributed by atoms with Crippen molar-refractivity contribution in [2.75, 3.05) is 13.7 Å². The van der Waals surface area contributed by atoms with E-state index in [2.05, 4.69) is 0 Å². The Labute approximate surface area is 121 Å². The SMILES string of the molecule is COc1c(C)cc(C(=O)CCC2CCCCO2)cc1C. The van der Waals surface area contributed by atoms with Crippen LogP contribution in [-0.2, 0) is 4.74 Å². The largest absolute Gasteiger partial charge is 0.496 e. The summed E-state index contributed by atoms with van der Waals surface area (Å²) >= 11 is 0. The Kier molecular flexibility index (Phi) is 5.18. The van der Waals surface area contributed by atoms with Crippen LogP contribution < -0.4 is 4.74 Å². The summed E-state index contributed by atoms with van der Waals surface area (Å²) in [6, 6.07) is 3.85. The van der Waals surface area contributed by atoms with Crippen molar-refractivity contribution in [1.29, 1.82) is 0 Å². The molecule has 0 N–H and O–H groups in total. The summed E-state index contributed by atoms with van der Waals surface area (Å²) in [6.45, 7) is 4.80. The number of carbonyl (C=O) groups excluding carboxylic acids is 1. The third-order valence-corrected chi connectivity index (χ3v) is 3.95. The number of methoxy groups -OCH3 is 1. The van der Waals surface area contributed by atoms with Crippen LogP contribution in [0.3, 0.4) is 0 Å². The van der Waals surface area contributed by atoms with E-state index in [0.717, 1.165) is 48.3 Å². The fourth-order valence-electron chi connectivity index (χ4n) is 2.90. The molecule has 0 saturated carbocycles. The van der Waals surface area contributed by atoms with Gasteiger partial charge in [-0.1, -0.05) is 0 Å². The Morgan fingerprint density at radius 1 is 1.30 bits per heavy atom. The second-order valence-electron chi connectivity index (χ2n) is 5.59. The lowest BCUT2D eigenvalue weighted by Gasteiger charge is -2.22. The van der Waals surface area contributed by atoms with Gasteiger partial charge in [0.05, 0.1) is 13.2 Å². The number of hydrogen-bond acceptors (Lipinski definition) is 3. The van der Waals surface area contributed by atoms with Crippen LogP contribution in [0.5, 0.6) is 5.75 Å². The van der Waals surface area contributed by atoms with Gasteiger partial charge in [-0.3, -0.25) is 4.79 Å². The fourth-order valence-corrected chi connectivity index (χ4v) is 2.90. The molecule has 0 aliphatic carbocycles. The first-order valence-corrected chi connectivity index (χ1v) is 7.42. The maximum atomic E-state index is 12.3. The van der Waals surface area contributed by atoms with Gasteiger partial charge in [-0.25, -0.2) is 0 Å². The average molecular weight is 276 g/mol. The summed E-state index contributed by atoms with van der Waals surface area (Å²) in [5, 5.41) is 0. The predicted octanol–water partition coefficient (Wildman–Crippen LogP) is 3.84. The highest BCUT2D eigenvalue weighted by atomic mass is 16.5. The molecule has 20 heavy (non-hydrogen) atoms. The van der Waals surface area contributed by atoms with Crippen LogP contribution >= 0.6 is 0 Å². The highest BCUT2D eigenvalue weighted by molar-refractivity contribution is 5.96. The normalized spacial score (nSPS) is 18.9. The first-order valence-electron chi connectivity index (χ1n) is 7.42. The Morgan fingerprint density at radius 3 is 2.55 bits per heavy atom. The lowest BCUT2D eigenvalue weighted by Crippen LogP contribution is -2.20. The van der Waals surface area contributed by atoms with E-state index in [1.165, 1.54) is 6.42 Å². The third kappa shape index (κ3) is 3.60. The quantitative estimate of drug-likeness (QED) is 0.766. The van der Waals surface area contributed by atoms with E-state index in [1.807, 2.05) is 26.0 Å². The summed E-state index contributed by atoms with van der Waals surface area (Å²) in [5.74, 6) is 1.07. The van der Waals surface area contributed by atoms with Crippen molar-refractivity contribution in [3.05, 3.63) is 28.8 Å². The fraction of sp³-hybridized carbons (Fsp3) is 0.588. The molecular formula is C17H24O3. The van der Waals surface area contributed by atoms with Crippen molar-refractivity contribution in [1.82, 2.24) is 0 Å². The molecule has 2 rings (SSSR count). The molecule has 1 aromatic carbocycles. The van der Waals surface area contributed by atoms with Crippen LogP contribution in [-0.4, -0.2) is 25.6 Å². The number of ether oxygens (including phenoxy) is 2. The summed E-state index contributed by atoms with van der Waals surface area (Å²) in [7, 11) is 1.66. The maximum Gasteiger partial charge on any atom is 0.162 e. The summed E-state index contributed by atoms with van der Waals surface area (Å²) in [5.41, 5.74) is 2.83. The van der Waals surface area contributed by atoms with E-state index in [0.29, 0.717) is 6.42 Å². The number of ketones is 1. The van der Waals surface area contributed by atoms with Gasteiger partial charge < -0.3 is 9.47 Å². The molecule has 1 heterocycles. The van der Waals surface area contributed by atoms with Gasteiger partial charge in [0.1, 0.15) is 5.75 Å². The van der Waals surface area contributed by atoms with Gasteiger partial charge in [-0.15, -0.1) is 0 Å². The molecule has 1 unspecified atom stereocenters. The zero-order valence-electron chi connectivity index (χ0n) is 12.7. The zero-order chi connectivity index (χ0) is 14.5. The van der Waals surface area contributed by atoms with Crippen LogP contribution in [0.4, 0.5) is 0 Å². The Bertz CT molecular complexity index is 450. The number of aryl methyl sites for hydroxylation is 2. The molecule has 0 amide bonds. The molecule has 1 aromatic rings. The molecule has 1 saturated heterocycles. The Hall–Kier alpha value is -1.35. The molecular weight excluding hydrogens is 252 g/mol. The molecule has 1 aliphatic rings. The van der Waals surface area contributed by atoms with Gasteiger partial charge in [0.2, 0.25) is 0 Å². The highest BCUT2D eigenvalue weighted by Crippen LogP contribution is 2.25. The van der Waals surface area contributed by atoms with Gasteiger partial charge in [0.15, 0.2) is 5.78 Å². The summed E-state index contributed by atoms with van der Waals surface area (Å²) < 4.78 is 11.0. The monoisotopic (exact) mass is 276 g/mol. The van der Waals surface area contributed by atoms with Crippen molar-refractivity contribution >= 4 is 5.78 Å². The van der Waals surface area contributed by atoms with Crippen molar-refractivity contribution in [3.8, 4) is 5.75 Å². The lowest BCUT2D eigenvalue weighted by molar-refractivity contribution is 0.0104. The molecule has 3 heteroatoms. The van der Waals surface area contributed by atoms with Gasteiger partial charge in [-0.2, -0.15) is 0 Å². The lowest BCUT2D eigenvalue weighted by atomic mass is 9.97. The molecule has 3 nitrogen and oxygen atoms in total. The topological polar surface area (TPSA) is 35.5 Å². The first kappa shape index (κ1) is 15.0. The minimum absolute atomic E-state index is 0.202. The third-order valence-electron chi connectivity index (χ3n) is 3.95. The minimum atomic E-state index is 0.202. The summed E-state index contributed by atoms with van der Waals surface area (Å²) in [6.07, 6.45) is 5.14. The molecule has 0 bridgehead atoms. The smallest absolute Gasteiger partial charge is 0.162 e. The second-order valence-corrected chi connectivity index (χ2v) is 5.59. The standard InChI is InChI=1S/C17H24O3/c1-12-10-14(11-13(2)17(12)19-3)16(18)8-7-15-6-4-5-9-20-15/h10-11,15H,4-9H2,1-3H3. The van der Waals surface area contributed by atoms with E-state index in [9.17, 15) is 4.79 Å². The zero-order valence-corrected chi connectivity index (χ0v) is 12.7. The molecule has 0 aromatic heterocycles. The van der Waals surface area contributed by atoms with Crippen LogP contribution in [0, 0.1) is 13.8 Å². The van der Waals surface area contributed by atoms with Gasteiger partial charge in [-0.05, 0) is 62.8 Å². The first-order chi connectivity index (χ1) is 9.61.